The average molecular weight is 474 g/mol. The van der Waals surface area contributed by atoms with E-state index in [0.717, 1.165) is 22.4 Å². The van der Waals surface area contributed by atoms with E-state index in [1.807, 2.05) is 58.3 Å². The van der Waals surface area contributed by atoms with Crippen LogP contribution in [0, 0.1) is 19.8 Å². The Morgan fingerprint density at radius 3 is 2.42 bits per heavy atom. The van der Waals surface area contributed by atoms with Gasteiger partial charge < -0.3 is 15.0 Å². The number of aryl methyl sites for hydroxylation is 2. The molecule has 0 saturated carbocycles. The third-order valence-electron chi connectivity index (χ3n) is 6.51. The van der Waals surface area contributed by atoms with E-state index in [1.54, 1.807) is 19.2 Å². The first-order valence-electron chi connectivity index (χ1n) is 11.3. The second-order valence-electron chi connectivity index (χ2n) is 8.93. The molecule has 2 aromatic rings. The zero-order valence-corrected chi connectivity index (χ0v) is 21.0. The van der Waals surface area contributed by atoms with Gasteiger partial charge in [-0.3, -0.25) is 4.79 Å². The molecule has 7 nitrogen and oxygen atoms in total. The fraction of sp³-hybridized carbons (Fsp3) is 0.480. The van der Waals surface area contributed by atoms with E-state index in [2.05, 4.69) is 10.2 Å². The van der Waals surface area contributed by atoms with E-state index >= 15 is 0 Å². The SMILES string of the molecule is COc1cccc(C(CNC(=O)C2CCN(S(=O)(=O)c3ccc(C)c(C)c3)CC2)N(C)C)c1. The van der Waals surface area contributed by atoms with Crippen LogP contribution in [0.15, 0.2) is 47.4 Å². The molecule has 1 unspecified atom stereocenters. The van der Waals surface area contributed by atoms with Crippen LogP contribution in [0.3, 0.4) is 0 Å². The summed E-state index contributed by atoms with van der Waals surface area (Å²) in [4.78, 5) is 15.2. The number of piperidine rings is 1. The summed E-state index contributed by atoms with van der Waals surface area (Å²) in [6, 6.07) is 13.1. The number of likely N-dealkylation sites (N-methyl/N-ethyl adjacent to an activating group) is 1. The molecule has 0 bridgehead atoms. The van der Waals surface area contributed by atoms with E-state index in [4.69, 9.17) is 4.74 Å². The third-order valence-corrected chi connectivity index (χ3v) is 8.41. The largest absolute Gasteiger partial charge is 0.497 e. The highest BCUT2D eigenvalue weighted by molar-refractivity contribution is 7.89. The van der Waals surface area contributed by atoms with Crippen LogP contribution >= 0.6 is 0 Å². The number of amides is 1. The monoisotopic (exact) mass is 473 g/mol. The van der Waals surface area contributed by atoms with Crippen LogP contribution in [0.25, 0.3) is 0 Å². The topological polar surface area (TPSA) is 79.0 Å². The number of rotatable bonds is 8. The number of nitrogens with one attached hydrogen (secondary N) is 1. The predicted octanol–water partition coefficient (Wildman–Crippen LogP) is 3.13. The highest BCUT2D eigenvalue weighted by Crippen LogP contribution is 2.26. The van der Waals surface area contributed by atoms with Crippen LogP contribution in [-0.2, 0) is 14.8 Å². The summed E-state index contributed by atoms with van der Waals surface area (Å²) < 4.78 is 32.9. The van der Waals surface area contributed by atoms with Gasteiger partial charge in [0.05, 0.1) is 18.0 Å². The molecular formula is C25H35N3O4S. The maximum absolute atomic E-state index is 13.0. The molecule has 0 aromatic heterocycles. The third kappa shape index (κ3) is 5.93. The summed E-state index contributed by atoms with van der Waals surface area (Å²) >= 11 is 0. The van der Waals surface area contributed by atoms with Crippen molar-refractivity contribution in [3.63, 3.8) is 0 Å². The van der Waals surface area contributed by atoms with Crippen molar-refractivity contribution in [3.05, 3.63) is 59.2 Å². The quantitative estimate of drug-likeness (QED) is 0.637. The molecule has 1 saturated heterocycles. The lowest BCUT2D eigenvalue weighted by atomic mass is 9.97. The molecule has 1 fully saturated rings. The molecular weight excluding hydrogens is 438 g/mol. The number of ether oxygens (including phenoxy) is 1. The molecule has 0 radical (unpaired) electrons. The van der Waals surface area contributed by atoms with Crippen molar-refractivity contribution in [2.45, 2.75) is 37.6 Å². The lowest BCUT2D eigenvalue weighted by molar-refractivity contribution is -0.126. The molecule has 180 valence electrons. The van der Waals surface area contributed by atoms with Gasteiger partial charge in [0.25, 0.3) is 0 Å². The van der Waals surface area contributed by atoms with E-state index in [1.165, 1.54) is 4.31 Å². The zero-order chi connectivity index (χ0) is 24.2. The summed E-state index contributed by atoms with van der Waals surface area (Å²) in [7, 11) is 2.05. The fourth-order valence-corrected chi connectivity index (χ4v) is 5.73. The van der Waals surface area contributed by atoms with Crippen LogP contribution in [0.2, 0.25) is 0 Å². The van der Waals surface area contributed by atoms with Crippen molar-refractivity contribution in [1.29, 1.82) is 0 Å². The molecule has 1 amide bonds. The van der Waals surface area contributed by atoms with Gasteiger partial charge in [0, 0.05) is 25.6 Å². The van der Waals surface area contributed by atoms with Gasteiger partial charge in [-0.05, 0) is 81.7 Å². The summed E-state index contributed by atoms with van der Waals surface area (Å²) in [5.41, 5.74) is 3.08. The first-order valence-corrected chi connectivity index (χ1v) is 12.7. The molecule has 33 heavy (non-hydrogen) atoms. The number of benzene rings is 2. The summed E-state index contributed by atoms with van der Waals surface area (Å²) in [5, 5.41) is 3.08. The molecule has 8 heteroatoms. The van der Waals surface area contributed by atoms with Gasteiger partial charge in [-0.15, -0.1) is 0 Å². The molecule has 3 rings (SSSR count). The van der Waals surface area contributed by atoms with Gasteiger partial charge in [0.1, 0.15) is 5.75 Å². The van der Waals surface area contributed by atoms with Crippen LogP contribution < -0.4 is 10.1 Å². The fourth-order valence-electron chi connectivity index (χ4n) is 4.17. The lowest BCUT2D eigenvalue weighted by Gasteiger charge is -2.31. The highest BCUT2D eigenvalue weighted by atomic mass is 32.2. The summed E-state index contributed by atoms with van der Waals surface area (Å²) in [5.74, 6) is 0.570. The summed E-state index contributed by atoms with van der Waals surface area (Å²) in [6.45, 7) is 5.04. The number of hydrogen-bond donors (Lipinski definition) is 1. The second-order valence-corrected chi connectivity index (χ2v) is 10.9. The van der Waals surface area contributed by atoms with Gasteiger partial charge in [0.2, 0.25) is 15.9 Å². The Morgan fingerprint density at radius 1 is 1.12 bits per heavy atom. The van der Waals surface area contributed by atoms with Gasteiger partial charge in [-0.25, -0.2) is 8.42 Å². The van der Waals surface area contributed by atoms with Crippen molar-refractivity contribution < 1.29 is 17.9 Å². The van der Waals surface area contributed by atoms with Crippen molar-refractivity contribution in [2.75, 3.05) is 40.8 Å². The Hall–Kier alpha value is -2.42. The van der Waals surface area contributed by atoms with Crippen LogP contribution in [0.4, 0.5) is 0 Å². The second kappa shape index (κ2) is 10.7. The number of methoxy groups -OCH3 is 1. The van der Waals surface area contributed by atoms with Crippen molar-refractivity contribution in [3.8, 4) is 5.75 Å². The molecule has 0 spiro atoms. The maximum Gasteiger partial charge on any atom is 0.243 e. The first kappa shape index (κ1) is 25.2. The standard InChI is InChI=1S/C25H35N3O4S/c1-18-9-10-23(15-19(18)2)33(30,31)28-13-11-20(12-14-28)25(29)26-17-24(27(3)4)21-7-6-8-22(16-21)32-5/h6-10,15-16,20,24H,11-14,17H2,1-5H3,(H,26,29). The molecule has 1 aliphatic heterocycles. The molecule has 2 aromatic carbocycles. The molecule has 1 atom stereocenters. The van der Waals surface area contributed by atoms with Crippen molar-refractivity contribution >= 4 is 15.9 Å². The molecule has 0 aliphatic carbocycles. The Kier molecular flexibility index (Phi) is 8.15. The predicted molar refractivity (Wildman–Crippen MR) is 130 cm³/mol. The number of hydrogen-bond acceptors (Lipinski definition) is 5. The van der Waals surface area contributed by atoms with E-state index in [9.17, 15) is 13.2 Å². The smallest absolute Gasteiger partial charge is 0.243 e. The molecule has 1 aliphatic rings. The van der Waals surface area contributed by atoms with Gasteiger partial charge in [-0.1, -0.05) is 18.2 Å². The number of sulfonamides is 1. The van der Waals surface area contributed by atoms with E-state index in [-0.39, 0.29) is 17.9 Å². The van der Waals surface area contributed by atoms with E-state index in [0.29, 0.717) is 37.4 Å². The highest BCUT2D eigenvalue weighted by Gasteiger charge is 2.32. The lowest BCUT2D eigenvalue weighted by Crippen LogP contribution is -2.44. The first-order chi connectivity index (χ1) is 15.6. The maximum atomic E-state index is 13.0. The minimum absolute atomic E-state index is 0.00861. The van der Waals surface area contributed by atoms with Crippen LogP contribution in [0.1, 0.15) is 35.6 Å². The number of carbonyl (C=O) groups is 1. The van der Waals surface area contributed by atoms with Crippen LogP contribution in [0.5, 0.6) is 5.75 Å². The van der Waals surface area contributed by atoms with Crippen LogP contribution in [-0.4, -0.2) is 64.4 Å². The Balaban J connectivity index is 1.58. The molecule has 1 N–H and O–H groups in total. The van der Waals surface area contributed by atoms with Crippen molar-refractivity contribution in [1.82, 2.24) is 14.5 Å². The number of nitrogens with zero attached hydrogens (tertiary/aromatic N) is 2. The zero-order valence-electron chi connectivity index (χ0n) is 20.2. The Morgan fingerprint density at radius 2 is 1.82 bits per heavy atom. The molecule has 1 heterocycles. The average Bonchev–Trinajstić information content (AvgIpc) is 2.80. The minimum Gasteiger partial charge on any atom is -0.497 e. The van der Waals surface area contributed by atoms with Gasteiger partial charge in [0.15, 0.2) is 0 Å². The summed E-state index contributed by atoms with van der Waals surface area (Å²) in [6.07, 6.45) is 1.03. The van der Waals surface area contributed by atoms with Gasteiger partial charge in [-0.2, -0.15) is 4.31 Å². The number of carbonyl (C=O) groups excluding carboxylic acids is 1. The van der Waals surface area contributed by atoms with Crippen molar-refractivity contribution in [2.24, 2.45) is 5.92 Å². The Labute approximate surface area is 197 Å². The minimum atomic E-state index is -3.55. The van der Waals surface area contributed by atoms with E-state index < -0.39 is 10.0 Å². The Bertz CT molecular complexity index is 1080. The normalized spacial score (nSPS) is 16.5. The van der Waals surface area contributed by atoms with Gasteiger partial charge >= 0.3 is 0 Å².